The molecule has 2 aromatic rings. The number of hydrogen-bond acceptors (Lipinski definition) is 9. The van der Waals surface area contributed by atoms with Crippen molar-refractivity contribution in [3.63, 3.8) is 0 Å². The standard InChI is InChI=1S/C31H44O9S/c1-36-26-17-19-27(20-18-26)40-24-28(39-23-25-13-8-7-9-14-25)15-12-22-31(30(33)38-3,41(4,34)35)21-11-6-5-10-16-29(32)37-2/h7-9,13-14,17-20,28H,5-6,10-12,15-16,21-24H2,1-4H3. The maximum atomic E-state index is 13.0. The first-order chi connectivity index (χ1) is 19.6. The molecule has 0 heterocycles. The number of unbranched alkanes of at least 4 members (excludes halogenated alkanes) is 3. The number of carbonyl (C=O) groups is 2. The Kier molecular flexibility index (Phi) is 14.7. The van der Waals surface area contributed by atoms with E-state index in [2.05, 4.69) is 4.74 Å². The van der Waals surface area contributed by atoms with E-state index in [1.807, 2.05) is 42.5 Å². The van der Waals surface area contributed by atoms with Gasteiger partial charge in [0.1, 0.15) is 18.1 Å². The zero-order valence-corrected chi connectivity index (χ0v) is 25.5. The van der Waals surface area contributed by atoms with Crippen molar-refractivity contribution in [2.24, 2.45) is 0 Å². The molecule has 0 N–H and O–H groups in total. The zero-order chi connectivity index (χ0) is 30.1. The van der Waals surface area contributed by atoms with Gasteiger partial charge in [0.25, 0.3) is 0 Å². The van der Waals surface area contributed by atoms with Gasteiger partial charge in [-0.25, -0.2) is 8.42 Å². The van der Waals surface area contributed by atoms with E-state index in [1.54, 1.807) is 19.2 Å². The molecule has 2 aromatic carbocycles. The van der Waals surface area contributed by atoms with Gasteiger partial charge in [-0.1, -0.05) is 49.6 Å². The van der Waals surface area contributed by atoms with E-state index < -0.39 is 20.6 Å². The van der Waals surface area contributed by atoms with Crippen LogP contribution in [-0.4, -0.2) is 65.4 Å². The van der Waals surface area contributed by atoms with Crippen LogP contribution in [0.15, 0.2) is 54.6 Å². The van der Waals surface area contributed by atoms with Crippen LogP contribution in [0.3, 0.4) is 0 Å². The Morgan fingerprint density at radius 2 is 1.44 bits per heavy atom. The number of ether oxygens (including phenoxy) is 5. The van der Waals surface area contributed by atoms with Gasteiger partial charge in [-0.05, 0) is 61.9 Å². The lowest BCUT2D eigenvalue weighted by atomic mass is 9.93. The molecule has 0 saturated carbocycles. The molecule has 0 aliphatic rings. The maximum Gasteiger partial charge on any atom is 0.327 e. The fraction of sp³-hybridized carbons (Fsp3) is 0.548. The van der Waals surface area contributed by atoms with E-state index >= 15 is 0 Å². The topological polar surface area (TPSA) is 114 Å². The highest BCUT2D eigenvalue weighted by atomic mass is 32.2. The first kappa shape index (κ1) is 34.1. The van der Waals surface area contributed by atoms with Crippen LogP contribution in [0, 0.1) is 0 Å². The normalized spacial score (nSPS) is 13.6. The Bertz CT molecular complexity index is 1150. The number of esters is 2. The zero-order valence-electron chi connectivity index (χ0n) is 24.6. The number of benzene rings is 2. The van der Waals surface area contributed by atoms with Crippen LogP contribution < -0.4 is 9.47 Å². The Labute approximate surface area is 244 Å². The van der Waals surface area contributed by atoms with Crippen molar-refractivity contribution < 1.29 is 41.7 Å². The minimum atomic E-state index is -3.80. The van der Waals surface area contributed by atoms with Gasteiger partial charge < -0.3 is 23.7 Å². The first-order valence-electron chi connectivity index (χ1n) is 13.9. The van der Waals surface area contributed by atoms with E-state index in [-0.39, 0.29) is 31.5 Å². The first-order valence-corrected chi connectivity index (χ1v) is 15.8. The minimum Gasteiger partial charge on any atom is -0.497 e. The summed E-state index contributed by atoms with van der Waals surface area (Å²) in [6.07, 6.45) is 4.78. The molecule has 41 heavy (non-hydrogen) atoms. The second-order valence-electron chi connectivity index (χ2n) is 10.0. The number of carbonyl (C=O) groups excluding carboxylic acids is 2. The highest BCUT2D eigenvalue weighted by molar-refractivity contribution is 7.92. The third kappa shape index (κ3) is 11.4. The van der Waals surface area contributed by atoms with Crippen molar-refractivity contribution in [2.45, 2.75) is 75.2 Å². The molecule has 2 rings (SSSR count). The monoisotopic (exact) mass is 592 g/mol. The third-order valence-electron chi connectivity index (χ3n) is 7.14. The fourth-order valence-corrected chi connectivity index (χ4v) is 6.07. The van der Waals surface area contributed by atoms with Crippen LogP contribution in [-0.2, 0) is 40.2 Å². The molecular formula is C31H44O9S. The summed E-state index contributed by atoms with van der Waals surface area (Å²) in [5, 5.41) is 0. The predicted molar refractivity (Wildman–Crippen MR) is 157 cm³/mol. The molecule has 0 amide bonds. The number of methoxy groups -OCH3 is 3. The second-order valence-corrected chi connectivity index (χ2v) is 12.4. The average Bonchev–Trinajstić information content (AvgIpc) is 2.98. The van der Waals surface area contributed by atoms with Crippen molar-refractivity contribution >= 4 is 21.8 Å². The summed E-state index contributed by atoms with van der Waals surface area (Å²) in [6, 6.07) is 17.0. The summed E-state index contributed by atoms with van der Waals surface area (Å²) in [6.45, 7) is 0.626. The van der Waals surface area contributed by atoms with E-state index in [1.165, 1.54) is 14.2 Å². The molecule has 228 valence electrons. The summed E-state index contributed by atoms with van der Waals surface area (Å²) in [4.78, 5) is 24.3. The summed E-state index contributed by atoms with van der Waals surface area (Å²) in [5.74, 6) is 0.361. The van der Waals surface area contributed by atoms with Crippen molar-refractivity contribution in [3.05, 3.63) is 60.2 Å². The lowest BCUT2D eigenvalue weighted by Crippen LogP contribution is -2.47. The quantitative estimate of drug-likeness (QED) is 0.149. The SMILES string of the molecule is COC(=O)CCCCCCC(CCCC(COc1ccc(OC)cc1)OCc1ccccc1)(C(=O)OC)S(C)(=O)=O. The van der Waals surface area contributed by atoms with Crippen molar-refractivity contribution in [3.8, 4) is 11.5 Å². The molecule has 0 radical (unpaired) electrons. The van der Waals surface area contributed by atoms with Gasteiger partial charge in [0, 0.05) is 12.7 Å². The van der Waals surface area contributed by atoms with E-state index in [0.29, 0.717) is 50.9 Å². The van der Waals surface area contributed by atoms with Gasteiger partial charge in [0.2, 0.25) is 0 Å². The molecule has 2 atom stereocenters. The summed E-state index contributed by atoms with van der Waals surface area (Å²) in [7, 11) is 0.365. The molecule has 9 nitrogen and oxygen atoms in total. The van der Waals surface area contributed by atoms with Gasteiger partial charge >= 0.3 is 11.9 Å². The van der Waals surface area contributed by atoms with Gasteiger partial charge in [0.15, 0.2) is 14.6 Å². The predicted octanol–water partition coefficient (Wildman–Crippen LogP) is 5.30. The van der Waals surface area contributed by atoms with Crippen LogP contribution >= 0.6 is 0 Å². The lowest BCUT2D eigenvalue weighted by molar-refractivity contribution is -0.144. The second kappa shape index (κ2) is 17.6. The maximum absolute atomic E-state index is 13.0. The summed E-state index contributed by atoms with van der Waals surface area (Å²) >= 11 is 0. The number of rotatable bonds is 20. The number of sulfone groups is 1. The summed E-state index contributed by atoms with van der Waals surface area (Å²) < 4.78 is 51.4. The van der Waals surface area contributed by atoms with Gasteiger partial charge in [-0.3, -0.25) is 9.59 Å². The van der Waals surface area contributed by atoms with Crippen LogP contribution in [0.4, 0.5) is 0 Å². The van der Waals surface area contributed by atoms with Crippen LogP contribution in [0.1, 0.15) is 63.4 Å². The molecule has 0 aliphatic carbocycles. The molecule has 0 saturated heterocycles. The highest BCUT2D eigenvalue weighted by Crippen LogP contribution is 2.33. The van der Waals surface area contributed by atoms with Gasteiger partial charge in [0.05, 0.1) is 34.0 Å². The van der Waals surface area contributed by atoms with Crippen LogP contribution in [0.5, 0.6) is 11.5 Å². The molecule has 2 unspecified atom stereocenters. The Morgan fingerprint density at radius 1 is 0.805 bits per heavy atom. The molecule has 0 aromatic heterocycles. The molecule has 0 aliphatic heterocycles. The average molecular weight is 593 g/mol. The van der Waals surface area contributed by atoms with Crippen molar-refractivity contribution in [1.82, 2.24) is 0 Å². The molecule has 0 spiro atoms. The minimum absolute atomic E-state index is 0.106. The molecule has 0 fully saturated rings. The molecule has 0 bridgehead atoms. The Morgan fingerprint density at radius 3 is 2.05 bits per heavy atom. The lowest BCUT2D eigenvalue weighted by Gasteiger charge is -2.30. The van der Waals surface area contributed by atoms with Crippen molar-refractivity contribution in [2.75, 3.05) is 34.2 Å². The van der Waals surface area contributed by atoms with E-state index in [4.69, 9.17) is 18.9 Å². The smallest absolute Gasteiger partial charge is 0.327 e. The highest BCUT2D eigenvalue weighted by Gasteiger charge is 2.48. The summed E-state index contributed by atoms with van der Waals surface area (Å²) in [5.41, 5.74) is 1.01. The Balaban J connectivity index is 2.07. The largest absolute Gasteiger partial charge is 0.497 e. The van der Waals surface area contributed by atoms with Gasteiger partial charge in [-0.15, -0.1) is 0 Å². The molecule has 10 heteroatoms. The van der Waals surface area contributed by atoms with Gasteiger partial charge in [-0.2, -0.15) is 0 Å². The van der Waals surface area contributed by atoms with E-state index in [9.17, 15) is 18.0 Å². The Hall–Kier alpha value is -3.11. The third-order valence-corrected chi connectivity index (χ3v) is 9.13. The number of hydrogen-bond donors (Lipinski definition) is 0. The van der Waals surface area contributed by atoms with E-state index in [0.717, 1.165) is 24.0 Å². The fourth-order valence-electron chi connectivity index (χ4n) is 4.65. The molecular weight excluding hydrogens is 548 g/mol. The van der Waals surface area contributed by atoms with Crippen molar-refractivity contribution in [1.29, 1.82) is 0 Å². The van der Waals surface area contributed by atoms with Crippen LogP contribution in [0.25, 0.3) is 0 Å². The van der Waals surface area contributed by atoms with Crippen LogP contribution in [0.2, 0.25) is 0 Å².